The number of fused-ring (bicyclic) bond motifs is 1. The Hall–Kier alpha value is -3.03. The summed E-state index contributed by atoms with van der Waals surface area (Å²) in [7, 11) is 0. The summed E-state index contributed by atoms with van der Waals surface area (Å²) >= 11 is 0. The molecule has 12 nitrogen and oxygen atoms in total. The molecule has 2 aromatic rings. The lowest BCUT2D eigenvalue weighted by atomic mass is 10.0. The highest BCUT2D eigenvalue weighted by Crippen LogP contribution is 2.22. The van der Waals surface area contributed by atoms with Gasteiger partial charge in [-0.3, -0.25) is 4.79 Å². The fourth-order valence-electron chi connectivity index (χ4n) is 2.42. The van der Waals surface area contributed by atoms with Crippen molar-refractivity contribution in [3.63, 3.8) is 0 Å². The molecule has 1 aromatic carbocycles. The van der Waals surface area contributed by atoms with Gasteiger partial charge in [-0.25, -0.2) is 9.59 Å². The number of ketones is 1. The molecular weight excluding hydrogens is 404 g/mol. The number of carbonyl (C=O) groups is 3. The number of carboxylic acids is 2. The van der Waals surface area contributed by atoms with E-state index < -0.39 is 42.6 Å². The smallest absolute Gasteiger partial charge is 0.414 e. The Labute approximate surface area is 170 Å². The van der Waals surface area contributed by atoms with Crippen LogP contribution in [0.1, 0.15) is 5.56 Å². The van der Waals surface area contributed by atoms with Crippen molar-refractivity contribution < 1.29 is 50.1 Å². The second kappa shape index (κ2) is 11.8. The van der Waals surface area contributed by atoms with Crippen molar-refractivity contribution in [1.29, 1.82) is 0 Å². The van der Waals surface area contributed by atoms with E-state index in [1.807, 2.05) is 6.20 Å². The minimum atomic E-state index is -1.82. The highest BCUT2D eigenvalue weighted by atomic mass is 16.4. The zero-order valence-electron chi connectivity index (χ0n) is 15.7. The lowest BCUT2D eigenvalue weighted by Crippen LogP contribution is -2.46. The molecule has 0 amide bonds. The predicted molar refractivity (Wildman–Crippen MR) is 102 cm³/mol. The van der Waals surface area contributed by atoms with Crippen LogP contribution in [-0.2, 0) is 20.8 Å². The number of phenols is 1. The molecule has 0 saturated heterocycles. The minimum Gasteiger partial charge on any atom is -0.508 e. The molecule has 0 radical (unpaired) electrons. The molecule has 0 fully saturated rings. The molecular formula is C18H24N2O10. The lowest BCUT2D eigenvalue weighted by molar-refractivity contribution is -0.159. The average molecular weight is 428 g/mol. The van der Waals surface area contributed by atoms with Gasteiger partial charge in [0.15, 0.2) is 5.78 Å². The van der Waals surface area contributed by atoms with Gasteiger partial charge in [-0.2, -0.15) is 0 Å². The van der Waals surface area contributed by atoms with Crippen molar-refractivity contribution in [3.8, 4) is 5.75 Å². The van der Waals surface area contributed by atoms with Crippen LogP contribution in [0, 0.1) is 0 Å². The number of hydrogen-bond acceptors (Lipinski definition) is 9. The Morgan fingerprint density at radius 1 is 1.07 bits per heavy atom. The molecule has 0 aliphatic rings. The molecule has 1 aromatic heterocycles. The van der Waals surface area contributed by atoms with Crippen LogP contribution in [0.2, 0.25) is 0 Å². The van der Waals surface area contributed by atoms with Crippen LogP contribution < -0.4 is 5.32 Å². The van der Waals surface area contributed by atoms with Crippen LogP contribution >= 0.6 is 0 Å². The lowest BCUT2D eigenvalue weighted by Gasteiger charge is -2.20. The van der Waals surface area contributed by atoms with Gasteiger partial charge in [0.1, 0.15) is 24.1 Å². The highest BCUT2D eigenvalue weighted by molar-refractivity contribution is 6.27. The van der Waals surface area contributed by atoms with E-state index in [2.05, 4.69) is 10.3 Å². The zero-order valence-corrected chi connectivity index (χ0v) is 15.7. The first-order chi connectivity index (χ1) is 14.1. The van der Waals surface area contributed by atoms with Crippen molar-refractivity contribution in [2.24, 2.45) is 0 Å². The summed E-state index contributed by atoms with van der Waals surface area (Å²) in [4.78, 5) is 33.0. The van der Waals surface area contributed by atoms with Crippen molar-refractivity contribution in [2.75, 3.05) is 19.7 Å². The van der Waals surface area contributed by atoms with Gasteiger partial charge in [-0.1, -0.05) is 0 Å². The number of Topliss-reactive ketones (excluding diaryl/α,β-unsaturated/α-hetero) is 1. The van der Waals surface area contributed by atoms with E-state index in [-0.39, 0.29) is 12.3 Å². The number of carboxylic acid groups (broad SMARTS) is 2. The van der Waals surface area contributed by atoms with Gasteiger partial charge in [0.25, 0.3) is 0 Å². The predicted octanol–water partition coefficient (Wildman–Crippen LogP) is -2.19. The zero-order chi connectivity index (χ0) is 22.8. The van der Waals surface area contributed by atoms with Gasteiger partial charge in [-0.15, -0.1) is 0 Å². The molecule has 0 bridgehead atoms. The van der Waals surface area contributed by atoms with Crippen molar-refractivity contribution in [3.05, 3.63) is 30.0 Å². The summed E-state index contributed by atoms with van der Waals surface area (Å²) in [6, 6.07) is 5.02. The number of phenolic OH excluding ortho intramolecular Hbond substituents is 1. The monoisotopic (exact) mass is 428 g/mol. The quantitative estimate of drug-likeness (QED) is 0.154. The maximum Gasteiger partial charge on any atom is 0.414 e. The summed E-state index contributed by atoms with van der Waals surface area (Å²) in [6.45, 7) is -0.476. The first kappa shape index (κ1) is 25.0. The number of aliphatic hydroxyl groups is 4. The molecule has 0 spiro atoms. The third-order valence-corrected chi connectivity index (χ3v) is 4.04. The third-order valence-electron chi connectivity index (χ3n) is 4.04. The van der Waals surface area contributed by atoms with Gasteiger partial charge < -0.3 is 46.0 Å². The fraction of sp³-hybridized carbons (Fsp3) is 0.389. The van der Waals surface area contributed by atoms with Crippen LogP contribution in [0.3, 0.4) is 0 Å². The molecule has 12 heteroatoms. The van der Waals surface area contributed by atoms with E-state index >= 15 is 0 Å². The second-order valence-corrected chi connectivity index (χ2v) is 6.23. The van der Waals surface area contributed by atoms with Gasteiger partial charge in [-0.05, 0) is 36.7 Å². The number of benzene rings is 1. The molecule has 0 aliphatic carbocycles. The number of aromatic nitrogens is 1. The Kier molecular flexibility index (Phi) is 9.88. The maximum atomic E-state index is 11.7. The maximum absolute atomic E-state index is 11.7. The third kappa shape index (κ3) is 7.42. The van der Waals surface area contributed by atoms with E-state index in [9.17, 15) is 25.2 Å². The number of aliphatic hydroxyl groups excluding tert-OH is 4. The normalized spacial score (nSPS) is 13.7. The van der Waals surface area contributed by atoms with Gasteiger partial charge in [0.2, 0.25) is 0 Å². The molecule has 3 atom stereocenters. The number of aliphatic carboxylic acids is 2. The van der Waals surface area contributed by atoms with Crippen molar-refractivity contribution in [2.45, 2.75) is 24.7 Å². The molecule has 166 valence electrons. The van der Waals surface area contributed by atoms with Crippen LogP contribution in [0.5, 0.6) is 5.75 Å². The van der Waals surface area contributed by atoms with Crippen LogP contribution in [0.15, 0.2) is 24.4 Å². The Bertz CT molecular complexity index is 854. The van der Waals surface area contributed by atoms with E-state index in [4.69, 9.17) is 24.9 Å². The molecule has 0 unspecified atom stereocenters. The molecule has 2 rings (SSSR count). The Morgan fingerprint density at radius 3 is 2.27 bits per heavy atom. The number of H-pyrrole nitrogens is 1. The van der Waals surface area contributed by atoms with E-state index in [1.165, 1.54) is 0 Å². The first-order valence-corrected chi connectivity index (χ1v) is 8.72. The van der Waals surface area contributed by atoms with E-state index in [1.54, 1.807) is 18.2 Å². The SMILES string of the molecule is O=C(CNCCc1c[nH]c2ccc(O)cc12)[C@H](O)[C@H](O)[C@H](O)CO.O=C(O)C(=O)O. The van der Waals surface area contributed by atoms with Crippen LogP contribution in [0.4, 0.5) is 0 Å². The number of hydrogen-bond donors (Lipinski definition) is 9. The summed E-state index contributed by atoms with van der Waals surface area (Å²) in [5.74, 6) is -4.15. The van der Waals surface area contributed by atoms with Crippen LogP contribution in [0.25, 0.3) is 10.9 Å². The van der Waals surface area contributed by atoms with Crippen molar-refractivity contribution in [1.82, 2.24) is 10.3 Å². The fourth-order valence-corrected chi connectivity index (χ4v) is 2.42. The Balaban J connectivity index is 0.000000656. The number of nitrogens with one attached hydrogen (secondary N) is 2. The summed E-state index contributed by atoms with van der Waals surface area (Å²) in [5.41, 5.74) is 1.87. The summed E-state index contributed by atoms with van der Waals surface area (Å²) < 4.78 is 0. The Morgan fingerprint density at radius 2 is 1.70 bits per heavy atom. The number of aromatic hydroxyl groups is 1. The van der Waals surface area contributed by atoms with Gasteiger partial charge in [0, 0.05) is 17.1 Å². The molecule has 0 aliphatic heterocycles. The van der Waals surface area contributed by atoms with Crippen molar-refractivity contribution >= 4 is 28.6 Å². The standard InChI is InChI=1S/C16H22N2O6.C2H2O4/c19-8-14(22)16(24)15(23)13(21)7-17-4-3-9-6-18-12-2-1-10(20)5-11(9)12;3-1(4)2(5)6/h1-2,5-6,14-20,22-24H,3-4,7-8H2;(H,3,4)(H,5,6)/t14-,15+,16-;/m1./s1. The molecule has 1 heterocycles. The van der Waals surface area contributed by atoms with Gasteiger partial charge in [0.05, 0.1) is 13.2 Å². The van der Waals surface area contributed by atoms with Crippen LogP contribution in [-0.4, -0.2) is 96.5 Å². The second-order valence-electron chi connectivity index (χ2n) is 6.23. The largest absolute Gasteiger partial charge is 0.508 e. The summed E-state index contributed by atoms with van der Waals surface area (Å²) in [6.07, 6.45) is -2.63. The number of aromatic amines is 1. The number of rotatable bonds is 9. The highest BCUT2D eigenvalue weighted by Gasteiger charge is 2.29. The molecule has 0 saturated carbocycles. The molecule has 30 heavy (non-hydrogen) atoms. The minimum absolute atomic E-state index is 0.172. The van der Waals surface area contributed by atoms with E-state index in [0.717, 1.165) is 16.5 Å². The average Bonchev–Trinajstić information content (AvgIpc) is 3.11. The summed E-state index contributed by atoms with van der Waals surface area (Å²) in [5, 5.41) is 65.0. The van der Waals surface area contributed by atoms with Gasteiger partial charge >= 0.3 is 11.9 Å². The first-order valence-electron chi connectivity index (χ1n) is 8.72. The number of carbonyl (C=O) groups excluding carboxylic acids is 1. The molecule has 9 N–H and O–H groups in total. The topological polar surface area (TPSA) is 221 Å². The van der Waals surface area contributed by atoms with E-state index in [0.29, 0.717) is 13.0 Å².